The van der Waals surface area contributed by atoms with Gasteiger partial charge in [-0.25, -0.2) is 0 Å². The second-order valence-corrected chi connectivity index (χ2v) is 6.04. The van der Waals surface area contributed by atoms with Gasteiger partial charge in [0.15, 0.2) is 6.10 Å². The molecule has 4 nitrogen and oxygen atoms in total. The zero-order valence-electron chi connectivity index (χ0n) is 13.2. The monoisotopic (exact) mass is 303 g/mol. The first kappa shape index (κ1) is 16.5. The first-order chi connectivity index (χ1) is 10.6. The summed E-state index contributed by atoms with van der Waals surface area (Å²) in [5.41, 5.74) is 0.891. The van der Waals surface area contributed by atoms with Gasteiger partial charge >= 0.3 is 5.97 Å². The number of carbonyl (C=O) groups is 2. The van der Waals surface area contributed by atoms with Gasteiger partial charge in [0.1, 0.15) is 0 Å². The van der Waals surface area contributed by atoms with Crippen molar-refractivity contribution in [3.63, 3.8) is 0 Å². The minimum absolute atomic E-state index is 0.196. The van der Waals surface area contributed by atoms with Crippen molar-refractivity contribution in [3.05, 3.63) is 35.9 Å². The Labute approximate surface area is 132 Å². The predicted octanol–water partition coefficient (Wildman–Crippen LogP) is 2.86. The minimum atomic E-state index is -0.736. The molecular weight excluding hydrogens is 278 g/mol. The summed E-state index contributed by atoms with van der Waals surface area (Å²) in [5, 5.41) is 2.91. The van der Waals surface area contributed by atoms with Crippen LogP contribution in [0.4, 0.5) is 0 Å². The zero-order valence-corrected chi connectivity index (χ0v) is 13.2. The first-order valence-electron chi connectivity index (χ1n) is 8.16. The number of amides is 1. The molecule has 1 atom stereocenters. The summed E-state index contributed by atoms with van der Waals surface area (Å²) in [7, 11) is 0. The summed E-state index contributed by atoms with van der Waals surface area (Å²) in [6, 6.07) is 9.39. The lowest BCUT2D eigenvalue weighted by atomic mass is 9.89. The van der Waals surface area contributed by atoms with Crippen LogP contribution in [0.5, 0.6) is 0 Å². The molecular formula is C18H25NO3. The molecule has 0 bridgehead atoms. The molecule has 4 heteroatoms. The van der Waals surface area contributed by atoms with Gasteiger partial charge < -0.3 is 10.1 Å². The van der Waals surface area contributed by atoms with Crippen LogP contribution in [0.3, 0.4) is 0 Å². The fourth-order valence-corrected chi connectivity index (χ4v) is 2.83. The Morgan fingerprint density at radius 2 is 1.86 bits per heavy atom. The van der Waals surface area contributed by atoms with Gasteiger partial charge in [0.25, 0.3) is 5.91 Å². The van der Waals surface area contributed by atoms with E-state index in [1.807, 2.05) is 30.3 Å². The highest BCUT2D eigenvalue weighted by Crippen LogP contribution is 2.22. The SMILES string of the molecule is CC(OC(=O)Cc1ccccc1)C(=O)NCC1CCCCC1. The smallest absolute Gasteiger partial charge is 0.311 e. The van der Waals surface area contributed by atoms with Gasteiger partial charge in [-0.1, -0.05) is 49.6 Å². The average Bonchev–Trinajstić information content (AvgIpc) is 2.54. The Morgan fingerprint density at radius 3 is 2.55 bits per heavy atom. The fourth-order valence-electron chi connectivity index (χ4n) is 2.83. The van der Waals surface area contributed by atoms with Gasteiger partial charge in [-0.2, -0.15) is 0 Å². The van der Waals surface area contributed by atoms with Crippen molar-refractivity contribution >= 4 is 11.9 Å². The molecule has 0 radical (unpaired) electrons. The summed E-state index contributed by atoms with van der Waals surface area (Å²) in [4.78, 5) is 23.8. The van der Waals surface area contributed by atoms with Crippen LogP contribution in [0.15, 0.2) is 30.3 Å². The molecule has 0 spiro atoms. The highest BCUT2D eigenvalue weighted by Gasteiger charge is 2.20. The van der Waals surface area contributed by atoms with Gasteiger partial charge in [0.2, 0.25) is 0 Å². The molecule has 1 aliphatic rings. The fraction of sp³-hybridized carbons (Fsp3) is 0.556. The molecule has 0 aromatic heterocycles. The van der Waals surface area contributed by atoms with Gasteiger partial charge in [0.05, 0.1) is 6.42 Å². The van der Waals surface area contributed by atoms with Crippen LogP contribution >= 0.6 is 0 Å². The van der Waals surface area contributed by atoms with Gasteiger partial charge in [-0.05, 0) is 31.2 Å². The highest BCUT2D eigenvalue weighted by atomic mass is 16.5. The van der Waals surface area contributed by atoms with Gasteiger partial charge in [-0.15, -0.1) is 0 Å². The molecule has 120 valence electrons. The van der Waals surface area contributed by atoms with E-state index in [2.05, 4.69) is 5.32 Å². The topological polar surface area (TPSA) is 55.4 Å². The largest absolute Gasteiger partial charge is 0.452 e. The van der Waals surface area contributed by atoms with Crippen molar-refractivity contribution in [1.29, 1.82) is 0 Å². The quantitative estimate of drug-likeness (QED) is 0.822. The van der Waals surface area contributed by atoms with Crippen molar-refractivity contribution in [1.82, 2.24) is 5.32 Å². The second kappa shape index (κ2) is 8.57. The lowest BCUT2D eigenvalue weighted by Crippen LogP contribution is -2.39. The van der Waals surface area contributed by atoms with E-state index in [0.717, 1.165) is 5.56 Å². The Hall–Kier alpha value is -1.84. The number of esters is 1. The Bertz CT molecular complexity index is 480. The van der Waals surface area contributed by atoms with Crippen LogP contribution in [-0.4, -0.2) is 24.5 Å². The number of nitrogens with one attached hydrogen (secondary N) is 1. The molecule has 1 aliphatic carbocycles. The average molecular weight is 303 g/mol. The van der Waals surface area contributed by atoms with Crippen molar-refractivity contribution in [3.8, 4) is 0 Å². The van der Waals surface area contributed by atoms with Crippen LogP contribution in [0.1, 0.15) is 44.6 Å². The second-order valence-electron chi connectivity index (χ2n) is 6.04. The van der Waals surface area contributed by atoms with E-state index < -0.39 is 6.10 Å². The third kappa shape index (κ3) is 5.51. The molecule has 1 fully saturated rings. The number of hydrogen-bond acceptors (Lipinski definition) is 3. The molecule has 0 saturated heterocycles. The highest BCUT2D eigenvalue weighted by molar-refractivity contribution is 5.83. The Balaban J connectivity index is 1.70. The molecule has 22 heavy (non-hydrogen) atoms. The lowest BCUT2D eigenvalue weighted by Gasteiger charge is -2.22. The number of rotatable bonds is 6. The number of ether oxygens (including phenoxy) is 1. The van der Waals surface area contributed by atoms with Crippen molar-refractivity contribution in [2.75, 3.05) is 6.54 Å². The van der Waals surface area contributed by atoms with Crippen LogP contribution in [0.25, 0.3) is 0 Å². The first-order valence-corrected chi connectivity index (χ1v) is 8.16. The van der Waals surface area contributed by atoms with Gasteiger partial charge in [0, 0.05) is 6.54 Å². The summed E-state index contributed by atoms with van der Waals surface area (Å²) in [6.45, 7) is 2.32. The van der Waals surface area contributed by atoms with Crippen LogP contribution in [0.2, 0.25) is 0 Å². The van der Waals surface area contributed by atoms with Crippen LogP contribution in [-0.2, 0) is 20.7 Å². The summed E-state index contributed by atoms with van der Waals surface area (Å²) in [5.74, 6) is 0.00317. The van der Waals surface area contributed by atoms with E-state index in [1.165, 1.54) is 32.1 Å². The molecule has 1 amide bonds. The van der Waals surface area contributed by atoms with E-state index in [1.54, 1.807) is 6.92 Å². The third-order valence-electron chi connectivity index (χ3n) is 4.16. The maximum absolute atomic E-state index is 12.0. The van der Waals surface area contributed by atoms with E-state index >= 15 is 0 Å². The zero-order chi connectivity index (χ0) is 15.8. The molecule has 1 unspecified atom stereocenters. The van der Waals surface area contributed by atoms with Crippen LogP contribution in [0, 0.1) is 5.92 Å². The normalized spacial score (nSPS) is 16.8. The van der Waals surface area contributed by atoms with E-state index in [-0.39, 0.29) is 18.3 Å². The summed E-state index contributed by atoms with van der Waals surface area (Å²) < 4.78 is 5.20. The maximum Gasteiger partial charge on any atom is 0.311 e. The molecule has 2 rings (SSSR count). The van der Waals surface area contributed by atoms with E-state index in [9.17, 15) is 9.59 Å². The lowest BCUT2D eigenvalue weighted by molar-refractivity contribution is -0.154. The predicted molar refractivity (Wildman–Crippen MR) is 85.3 cm³/mol. The maximum atomic E-state index is 12.0. The molecule has 0 heterocycles. The molecule has 1 N–H and O–H groups in total. The molecule has 1 saturated carbocycles. The number of hydrogen-bond donors (Lipinski definition) is 1. The molecule has 0 aliphatic heterocycles. The van der Waals surface area contributed by atoms with Crippen LogP contribution < -0.4 is 5.32 Å². The third-order valence-corrected chi connectivity index (χ3v) is 4.16. The van der Waals surface area contributed by atoms with Crippen molar-refractivity contribution in [2.24, 2.45) is 5.92 Å². The van der Waals surface area contributed by atoms with Crippen molar-refractivity contribution < 1.29 is 14.3 Å². The number of benzene rings is 1. The van der Waals surface area contributed by atoms with Gasteiger partial charge in [-0.3, -0.25) is 9.59 Å². The van der Waals surface area contributed by atoms with E-state index in [0.29, 0.717) is 12.5 Å². The molecule has 1 aromatic carbocycles. The van der Waals surface area contributed by atoms with E-state index in [4.69, 9.17) is 4.74 Å². The number of carbonyl (C=O) groups excluding carboxylic acids is 2. The Kier molecular flexibility index (Phi) is 6.44. The molecule has 1 aromatic rings. The summed E-state index contributed by atoms with van der Waals surface area (Å²) >= 11 is 0. The summed E-state index contributed by atoms with van der Waals surface area (Å²) in [6.07, 6.45) is 5.63. The minimum Gasteiger partial charge on any atom is -0.452 e. The standard InChI is InChI=1S/C18H25NO3/c1-14(18(21)19-13-16-10-6-3-7-11-16)22-17(20)12-15-8-4-2-5-9-15/h2,4-5,8-9,14,16H,3,6-7,10-13H2,1H3,(H,19,21). The van der Waals surface area contributed by atoms with Crippen molar-refractivity contribution in [2.45, 2.75) is 51.6 Å². The Morgan fingerprint density at radius 1 is 1.18 bits per heavy atom.